The number of benzene rings is 1. The van der Waals surface area contributed by atoms with Gasteiger partial charge in [-0.05, 0) is 55.5 Å². The summed E-state index contributed by atoms with van der Waals surface area (Å²) in [6.07, 6.45) is 5.12. The number of pyridine rings is 1. The van der Waals surface area contributed by atoms with Gasteiger partial charge in [0.2, 0.25) is 0 Å². The maximum absolute atomic E-state index is 13.1. The Labute approximate surface area is 145 Å². The molecule has 0 radical (unpaired) electrons. The molecular weight excluding hydrogens is 353 g/mol. The Hall–Kier alpha value is -1.66. The van der Waals surface area contributed by atoms with Crippen molar-refractivity contribution in [3.8, 4) is 5.75 Å². The van der Waals surface area contributed by atoms with Gasteiger partial charge < -0.3 is 4.74 Å². The summed E-state index contributed by atoms with van der Waals surface area (Å²) in [4.78, 5) is 3.98. The Morgan fingerprint density at radius 1 is 1.29 bits per heavy atom. The average molecular weight is 370 g/mol. The van der Waals surface area contributed by atoms with Crippen molar-refractivity contribution >= 4 is 21.4 Å². The predicted molar refractivity (Wildman–Crippen MR) is 89.5 cm³/mol. The molecule has 1 fully saturated rings. The minimum atomic E-state index is -3.57. The van der Waals surface area contributed by atoms with Gasteiger partial charge in [0.1, 0.15) is 11.6 Å². The summed E-state index contributed by atoms with van der Waals surface area (Å²) >= 11 is 5.92. The Morgan fingerprint density at radius 2 is 2.12 bits per heavy atom. The van der Waals surface area contributed by atoms with Crippen LogP contribution in [-0.4, -0.2) is 25.3 Å². The molecule has 0 N–H and O–H groups in total. The van der Waals surface area contributed by atoms with Crippen molar-refractivity contribution in [3.05, 3.63) is 53.6 Å². The average Bonchev–Trinajstić information content (AvgIpc) is 3.03. The monoisotopic (exact) mass is 369 g/mol. The van der Waals surface area contributed by atoms with Crippen LogP contribution in [0.3, 0.4) is 0 Å². The fourth-order valence-electron chi connectivity index (χ4n) is 2.99. The zero-order valence-electron chi connectivity index (χ0n) is 12.9. The third kappa shape index (κ3) is 3.70. The highest BCUT2D eigenvalue weighted by atomic mass is 35.5. The quantitative estimate of drug-likeness (QED) is 0.750. The lowest BCUT2D eigenvalue weighted by molar-refractivity contribution is 0.251. The van der Waals surface area contributed by atoms with Gasteiger partial charge in [-0.3, -0.25) is 4.98 Å². The molecule has 0 saturated heterocycles. The van der Waals surface area contributed by atoms with Crippen molar-refractivity contribution in [2.75, 3.05) is 6.61 Å². The minimum absolute atomic E-state index is 0.00407. The predicted octanol–water partition coefficient (Wildman–Crippen LogP) is 3.90. The normalized spacial score (nSPS) is 20.9. The van der Waals surface area contributed by atoms with Gasteiger partial charge >= 0.3 is 0 Å². The SMILES string of the molecule is O=S(=O)(c1ccc(F)cc1Cl)[C@H]1CC[C@@H](COc2cccnc2)C1. The molecule has 1 aromatic carbocycles. The van der Waals surface area contributed by atoms with Crippen molar-refractivity contribution in [1.29, 1.82) is 0 Å². The summed E-state index contributed by atoms with van der Waals surface area (Å²) in [5.74, 6) is 0.280. The smallest absolute Gasteiger partial charge is 0.182 e. The molecule has 2 atom stereocenters. The molecule has 24 heavy (non-hydrogen) atoms. The fourth-order valence-corrected chi connectivity index (χ4v) is 5.40. The molecule has 0 amide bonds. The van der Waals surface area contributed by atoms with Gasteiger partial charge in [0.05, 0.1) is 28.0 Å². The van der Waals surface area contributed by atoms with E-state index in [4.69, 9.17) is 16.3 Å². The second kappa shape index (κ2) is 7.07. The van der Waals surface area contributed by atoms with E-state index in [1.54, 1.807) is 18.5 Å². The molecule has 0 bridgehead atoms. The zero-order valence-corrected chi connectivity index (χ0v) is 14.4. The van der Waals surface area contributed by atoms with E-state index in [2.05, 4.69) is 4.98 Å². The van der Waals surface area contributed by atoms with Gasteiger partial charge in [0.15, 0.2) is 9.84 Å². The molecule has 1 saturated carbocycles. The van der Waals surface area contributed by atoms with E-state index in [1.807, 2.05) is 6.07 Å². The zero-order chi connectivity index (χ0) is 17.2. The number of rotatable bonds is 5. The van der Waals surface area contributed by atoms with Crippen LogP contribution in [0, 0.1) is 11.7 Å². The third-order valence-corrected chi connectivity index (χ3v) is 6.95. The summed E-state index contributed by atoms with van der Waals surface area (Å²) in [7, 11) is -3.57. The highest BCUT2D eigenvalue weighted by Crippen LogP contribution is 2.36. The highest BCUT2D eigenvalue weighted by molar-refractivity contribution is 7.92. The topological polar surface area (TPSA) is 56.3 Å². The maximum Gasteiger partial charge on any atom is 0.182 e. The van der Waals surface area contributed by atoms with Crippen molar-refractivity contribution in [2.45, 2.75) is 29.4 Å². The summed E-state index contributed by atoms with van der Waals surface area (Å²) in [5.41, 5.74) is 0. The van der Waals surface area contributed by atoms with Crippen LogP contribution in [0.5, 0.6) is 5.75 Å². The van der Waals surface area contributed by atoms with E-state index in [0.29, 0.717) is 25.2 Å². The van der Waals surface area contributed by atoms with E-state index in [0.717, 1.165) is 18.6 Å². The van der Waals surface area contributed by atoms with Crippen LogP contribution in [0.1, 0.15) is 19.3 Å². The number of halogens is 2. The Bertz CT molecular complexity index is 814. The Kier molecular flexibility index (Phi) is 5.06. The molecular formula is C17H17ClFNO3S. The molecule has 1 heterocycles. The number of hydrogen-bond donors (Lipinski definition) is 0. The Balaban J connectivity index is 1.66. The summed E-state index contributed by atoms with van der Waals surface area (Å²) in [5, 5.41) is -0.576. The van der Waals surface area contributed by atoms with Crippen molar-refractivity contribution < 1.29 is 17.5 Å². The van der Waals surface area contributed by atoms with Gasteiger partial charge in [0, 0.05) is 6.20 Å². The van der Waals surface area contributed by atoms with Crippen molar-refractivity contribution in [1.82, 2.24) is 4.98 Å². The number of hydrogen-bond acceptors (Lipinski definition) is 4. The van der Waals surface area contributed by atoms with Crippen LogP contribution in [0.25, 0.3) is 0 Å². The van der Waals surface area contributed by atoms with Gasteiger partial charge in [0.25, 0.3) is 0 Å². The summed E-state index contributed by atoms with van der Waals surface area (Å²) in [6.45, 7) is 0.453. The number of sulfone groups is 1. The first-order valence-electron chi connectivity index (χ1n) is 7.68. The second-order valence-corrected chi connectivity index (χ2v) is 8.52. The third-order valence-electron chi connectivity index (χ3n) is 4.25. The van der Waals surface area contributed by atoms with Crippen molar-refractivity contribution in [3.63, 3.8) is 0 Å². The first-order valence-corrected chi connectivity index (χ1v) is 9.61. The second-order valence-electron chi connectivity index (χ2n) is 5.92. The number of nitrogens with zero attached hydrogens (tertiary/aromatic N) is 1. The molecule has 0 spiro atoms. The lowest BCUT2D eigenvalue weighted by Crippen LogP contribution is -2.20. The highest BCUT2D eigenvalue weighted by Gasteiger charge is 2.36. The van der Waals surface area contributed by atoms with Crippen LogP contribution in [-0.2, 0) is 9.84 Å². The van der Waals surface area contributed by atoms with E-state index >= 15 is 0 Å². The lowest BCUT2D eigenvalue weighted by atomic mass is 10.1. The molecule has 4 nitrogen and oxygen atoms in total. The van der Waals surface area contributed by atoms with E-state index in [1.165, 1.54) is 6.07 Å². The first-order chi connectivity index (χ1) is 11.5. The lowest BCUT2D eigenvalue weighted by Gasteiger charge is -2.14. The van der Waals surface area contributed by atoms with Gasteiger partial charge in [-0.15, -0.1) is 0 Å². The van der Waals surface area contributed by atoms with E-state index in [9.17, 15) is 12.8 Å². The van der Waals surface area contributed by atoms with Crippen LogP contribution in [0.4, 0.5) is 4.39 Å². The molecule has 0 aliphatic heterocycles. The summed E-state index contributed by atoms with van der Waals surface area (Å²) < 4.78 is 44.3. The van der Waals surface area contributed by atoms with Gasteiger partial charge in [-0.2, -0.15) is 0 Å². The molecule has 128 valence electrons. The Morgan fingerprint density at radius 3 is 2.83 bits per heavy atom. The molecule has 1 aliphatic rings. The number of aromatic nitrogens is 1. The standard InChI is InChI=1S/C17H17ClFNO3S/c18-16-9-13(19)4-6-17(16)24(21,22)15-5-3-12(8-15)11-23-14-2-1-7-20-10-14/h1-2,4,6-7,9-10,12,15H,3,5,8,11H2/t12-,15+/m1/s1. The van der Waals surface area contributed by atoms with E-state index in [-0.39, 0.29) is 15.8 Å². The van der Waals surface area contributed by atoms with Crippen LogP contribution >= 0.6 is 11.6 Å². The van der Waals surface area contributed by atoms with Crippen LogP contribution < -0.4 is 4.74 Å². The first kappa shape index (κ1) is 17.2. The maximum atomic E-state index is 13.1. The fraction of sp³-hybridized carbons (Fsp3) is 0.353. The minimum Gasteiger partial charge on any atom is -0.492 e. The van der Waals surface area contributed by atoms with Gasteiger partial charge in [-0.25, -0.2) is 12.8 Å². The summed E-state index contributed by atoms with van der Waals surface area (Å²) in [6, 6.07) is 7.00. The molecule has 7 heteroatoms. The van der Waals surface area contributed by atoms with E-state index < -0.39 is 20.9 Å². The molecule has 0 unspecified atom stereocenters. The molecule has 1 aromatic heterocycles. The number of ether oxygens (including phenoxy) is 1. The van der Waals surface area contributed by atoms with Gasteiger partial charge in [-0.1, -0.05) is 11.6 Å². The molecule has 1 aliphatic carbocycles. The largest absolute Gasteiger partial charge is 0.492 e. The van der Waals surface area contributed by atoms with Crippen LogP contribution in [0.15, 0.2) is 47.6 Å². The van der Waals surface area contributed by atoms with Crippen molar-refractivity contribution in [2.24, 2.45) is 5.92 Å². The van der Waals surface area contributed by atoms with Crippen LogP contribution in [0.2, 0.25) is 5.02 Å². The molecule has 3 rings (SSSR count). The molecule has 2 aromatic rings.